The van der Waals surface area contributed by atoms with E-state index in [1.54, 1.807) is 11.6 Å². The van der Waals surface area contributed by atoms with E-state index in [1.807, 2.05) is 11.5 Å². The van der Waals surface area contributed by atoms with E-state index in [0.717, 1.165) is 0 Å². The van der Waals surface area contributed by atoms with E-state index in [0.29, 0.717) is 25.1 Å². The van der Waals surface area contributed by atoms with Gasteiger partial charge in [0.1, 0.15) is 10.8 Å². The molecule has 3 rings (SSSR count). The first kappa shape index (κ1) is 18.6. The third-order valence-electron chi connectivity index (χ3n) is 4.84. The number of rotatable bonds is 3. The standard InChI is InChI=1S/C16H19ClF3N3OS/c1-21-13-12(17)15(24)23(11-3-2-8-25-11)14(22-13)9-4-6-10(7-5-9)16(18,19)20/h2,8-11,21H,3-7H2,1H3. The van der Waals surface area contributed by atoms with Gasteiger partial charge in [0.15, 0.2) is 5.82 Å². The molecule has 1 aliphatic heterocycles. The second-order valence-corrected chi connectivity index (χ2v) is 7.81. The van der Waals surface area contributed by atoms with Gasteiger partial charge >= 0.3 is 6.18 Å². The molecule has 9 heteroatoms. The average molecular weight is 394 g/mol. The van der Waals surface area contributed by atoms with Crippen LogP contribution in [0.4, 0.5) is 19.0 Å². The Hall–Kier alpha value is -1.15. The molecule has 0 amide bonds. The Morgan fingerprint density at radius 1 is 1.32 bits per heavy atom. The second kappa shape index (κ2) is 7.23. The van der Waals surface area contributed by atoms with E-state index in [9.17, 15) is 18.0 Å². The molecule has 1 N–H and O–H groups in total. The van der Waals surface area contributed by atoms with Gasteiger partial charge in [-0.2, -0.15) is 13.2 Å². The lowest BCUT2D eigenvalue weighted by Gasteiger charge is -2.31. The molecule has 2 aliphatic rings. The molecule has 1 unspecified atom stereocenters. The normalized spacial score (nSPS) is 26.8. The Bertz CT molecular complexity index is 719. The number of aromatic nitrogens is 2. The van der Waals surface area contributed by atoms with Crippen LogP contribution in [0.1, 0.15) is 49.2 Å². The number of anilines is 1. The van der Waals surface area contributed by atoms with Crippen LogP contribution in [0, 0.1) is 5.92 Å². The number of allylic oxidation sites excluding steroid dienone is 1. The predicted octanol–water partition coefficient (Wildman–Crippen LogP) is 4.92. The molecule has 0 radical (unpaired) electrons. The van der Waals surface area contributed by atoms with Crippen molar-refractivity contribution in [2.75, 3.05) is 12.4 Å². The highest BCUT2D eigenvalue weighted by atomic mass is 35.5. The zero-order valence-electron chi connectivity index (χ0n) is 13.6. The highest BCUT2D eigenvalue weighted by molar-refractivity contribution is 8.02. The lowest BCUT2D eigenvalue weighted by atomic mass is 9.81. The minimum Gasteiger partial charge on any atom is -0.372 e. The van der Waals surface area contributed by atoms with E-state index in [2.05, 4.69) is 10.3 Å². The SMILES string of the molecule is CNc1nc(C2CCC(C(F)(F)F)CC2)n(C2CC=CS2)c(=O)c1Cl. The molecule has 2 heterocycles. The Labute approximate surface area is 152 Å². The number of thioether (sulfide) groups is 1. The quantitative estimate of drug-likeness (QED) is 0.791. The van der Waals surface area contributed by atoms with Crippen LogP contribution in [0.5, 0.6) is 0 Å². The molecule has 1 aromatic rings. The third-order valence-corrected chi connectivity index (χ3v) is 6.24. The van der Waals surface area contributed by atoms with Gasteiger partial charge < -0.3 is 5.32 Å². The molecular formula is C16H19ClF3N3OS. The van der Waals surface area contributed by atoms with Gasteiger partial charge in [0, 0.05) is 13.0 Å². The van der Waals surface area contributed by atoms with Crippen LogP contribution in [0.25, 0.3) is 0 Å². The fourth-order valence-electron chi connectivity index (χ4n) is 3.48. The monoisotopic (exact) mass is 393 g/mol. The van der Waals surface area contributed by atoms with Gasteiger partial charge in [0.2, 0.25) is 0 Å². The molecule has 4 nitrogen and oxygen atoms in total. The molecular weight excluding hydrogens is 375 g/mol. The first-order valence-electron chi connectivity index (χ1n) is 8.19. The maximum atomic E-state index is 12.9. The van der Waals surface area contributed by atoms with Crippen molar-refractivity contribution in [3.63, 3.8) is 0 Å². The highest BCUT2D eigenvalue weighted by Gasteiger charge is 2.42. The summed E-state index contributed by atoms with van der Waals surface area (Å²) in [6.07, 6.45) is -0.647. The van der Waals surface area contributed by atoms with Crippen LogP contribution < -0.4 is 10.9 Å². The van der Waals surface area contributed by atoms with Crippen LogP contribution in [0.2, 0.25) is 5.02 Å². The summed E-state index contributed by atoms with van der Waals surface area (Å²) in [6.45, 7) is 0. The maximum absolute atomic E-state index is 12.9. The Morgan fingerprint density at radius 2 is 2.00 bits per heavy atom. The van der Waals surface area contributed by atoms with Gasteiger partial charge in [-0.05, 0) is 37.5 Å². The van der Waals surface area contributed by atoms with Crippen molar-refractivity contribution in [1.29, 1.82) is 0 Å². The van der Waals surface area contributed by atoms with E-state index < -0.39 is 12.1 Å². The molecule has 0 aromatic carbocycles. The predicted molar refractivity (Wildman–Crippen MR) is 94.2 cm³/mol. The Balaban J connectivity index is 1.95. The number of hydrogen-bond donors (Lipinski definition) is 1. The number of alkyl halides is 3. The van der Waals surface area contributed by atoms with Gasteiger partial charge in [-0.1, -0.05) is 17.7 Å². The molecule has 1 saturated carbocycles. The molecule has 25 heavy (non-hydrogen) atoms. The number of hydrogen-bond acceptors (Lipinski definition) is 4. The minimum absolute atomic E-state index is 0.0164. The van der Waals surface area contributed by atoms with Crippen molar-refractivity contribution in [2.45, 2.75) is 49.6 Å². The minimum atomic E-state index is -4.15. The van der Waals surface area contributed by atoms with Crippen LogP contribution >= 0.6 is 23.4 Å². The fourth-order valence-corrected chi connectivity index (χ4v) is 4.66. The summed E-state index contributed by atoms with van der Waals surface area (Å²) in [5.41, 5.74) is -0.338. The number of nitrogens with one attached hydrogen (secondary N) is 1. The van der Waals surface area contributed by atoms with Gasteiger partial charge in [0.05, 0.1) is 11.3 Å². The van der Waals surface area contributed by atoms with Crippen LogP contribution in [0.3, 0.4) is 0 Å². The smallest absolute Gasteiger partial charge is 0.372 e. The second-order valence-electron chi connectivity index (χ2n) is 6.35. The van der Waals surface area contributed by atoms with E-state index in [1.165, 1.54) is 11.8 Å². The van der Waals surface area contributed by atoms with Crippen molar-refractivity contribution in [2.24, 2.45) is 5.92 Å². The van der Waals surface area contributed by atoms with Gasteiger partial charge in [-0.25, -0.2) is 4.98 Å². The molecule has 0 spiro atoms. The summed E-state index contributed by atoms with van der Waals surface area (Å²) in [4.78, 5) is 17.3. The summed E-state index contributed by atoms with van der Waals surface area (Å²) < 4.78 is 40.3. The van der Waals surface area contributed by atoms with Gasteiger partial charge in [-0.15, -0.1) is 11.8 Å². The molecule has 0 bridgehead atoms. The van der Waals surface area contributed by atoms with E-state index >= 15 is 0 Å². The molecule has 0 saturated heterocycles. The van der Waals surface area contributed by atoms with E-state index in [4.69, 9.17) is 11.6 Å². The maximum Gasteiger partial charge on any atom is 0.391 e. The van der Waals surface area contributed by atoms with Crippen molar-refractivity contribution in [3.05, 3.63) is 32.7 Å². The topological polar surface area (TPSA) is 46.9 Å². The first-order valence-corrected chi connectivity index (χ1v) is 9.52. The number of halogens is 4. The highest BCUT2D eigenvalue weighted by Crippen LogP contribution is 2.44. The zero-order valence-corrected chi connectivity index (χ0v) is 15.2. The molecule has 1 fully saturated rings. The molecule has 1 aliphatic carbocycles. The lowest BCUT2D eigenvalue weighted by molar-refractivity contribution is -0.182. The molecule has 138 valence electrons. The van der Waals surface area contributed by atoms with Crippen LogP contribution in [-0.2, 0) is 0 Å². The Kier molecular flexibility index (Phi) is 5.39. The summed E-state index contributed by atoms with van der Waals surface area (Å²) in [5.74, 6) is -0.605. The summed E-state index contributed by atoms with van der Waals surface area (Å²) >= 11 is 7.63. The van der Waals surface area contributed by atoms with Crippen molar-refractivity contribution in [1.82, 2.24) is 9.55 Å². The number of nitrogens with zero attached hydrogens (tertiary/aromatic N) is 2. The average Bonchev–Trinajstić information content (AvgIpc) is 3.10. The summed E-state index contributed by atoms with van der Waals surface area (Å²) in [7, 11) is 1.62. The van der Waals surface area contributed by atoms with Crippen molar-refractivity contribution in [3.8, 4) is 0 Å². The van der Waals surface area contributed by atoms with Gasteiger partial charge in [0.25, 0.3) is 5.56 Å². The van der Waals surface area contributed by atoms with Gasteiger partial charge in [-0.3, -0.25) is 9.36 Å². The molecule has 1 aromatic heterocycles. The summed E-state index contributed by atoms with van der Waals surface area (Å²) in [6, 6.07) is 0. The van der Waals surface area contributed by atoms with Crippen molar-refractivity contribution >= 4 is 29.2 Å². The largest absolute Gasteiger partial charge is 0.391 e. The first-order chi connectivity index (χ1) is 11.8. The summed E-state index contributed by atoms with van der Waals surface area (Å²) in [5, 5.41) is 4.60. The fraction of sp³-hybridized carbons (Fsp3) is 0.625. The van der Waals surface area contributed by atoms with Crippen LogP contribution in [0.15, 0.2) is 16.3 Å². The Morgan fingerprint density at radius 3 is 2.52 bits per heavy atom. The lowest BCUT2D eigenvalue weighted by Crippen LogP contribution is -2.33. The zero-order chi connectivity index (χ0) is 18.2. The van der Waals surface area contributed by atoms with E-state index in [-0.39, 0.29) is 40.5 Å². The van der Waals surface area contributed by atoms with Crippen molar-refractivity contribution < 1.29 is 13.2 Å². The third kappa shape index (κ3) is 3.69. The molecule has 1 atom stereocenters. The van der Waals surface area contributed by atoms with Crippen LogP contribution in [-0.4, -0.2) is 22.8 Å².